The van der Waals surface area contributed by atoms with Gasteiger partial charge < -0.3 is 9.64 Å². The number of pyridine rings is 1. The van der Waals surface area contributed by atoms with Crippen LogP contribution in [0.25, 0.3) is 0 Å². The Kier molecular flexibility index (Phi) is 3.44. The molecule has 0 saturated carbocycles. The topological polar surface area (TPSA) is 54.8 Å². The number of amides is 1. The standard InChI is InChI=1S/C14H17N3O2/c18-14(17-7-2-1-3-8-17)12-13(19-10-16-12)11-5-4-6-15-9-11/h4-6,9-10,12-13H,1-3,7-8H2. The van der Waals surface area contributed by atoms with Gasteiger partial charge in [0.1, 0.15) is 0 Å². The Morgan fingerprint density at radius 2 is 2.16 bits per heavy atom. The highest BCUT2D eigenvalue weighted by molar-refractivity contribution is 5.85. The molecule has 2 atom stereocenters. The van der Waals surface area contributed by atoms with Crippen molar-refractivity contribution in [3.05, 3.63) is 30.1 Å². The largest absolute Gasteiger partial charge is 0.473 e. The zero-order valence-corrected chi connectivity index (χ0v) is 10.7. The molecule has 1 aromatic rings. The van der Waals surface area contributed by atoms with Gasteiger partial charge in [-0.25, -0.2) is 4.99 Å². The van der Waals surface area contributed by atoms with Crippen molar-refractivity contribution in [1.29, 1.82) is 0 Å². The Labute approximate surface area is 112 Å². The fraction of sp³-hybridized carbons (Fsp3) is 0.500. The number of likely N-dealkylation sites (tertiary alicyclic amines) is 1. The van der Waals surface area contributed by atoms with E-state index >= 15 is 0 Å². The highest BCUT2D eigenvalue weighted by Crippen LogP contribution is 2.28. The second-order valence-electron chi connectivity index (χ2n) is 4.93. The number of aromatic nitrogens is 1. The van der Waals surface area contributed by atoms with Crippen molar-refractivity contribution in [3.63, 3.8) is 0 Å². The number of carbonyl (C=O) groups is 1. The average Bonchev–Trinajstić information content (AvgIpc) is 2.98. The van der Waals surface area contributed by atoms with Crippen molar-refractivity contribution < 1.29 is 9.53 Å². The summed E-state index contributed by atoms with van der Waals surface area (Å²) in [5.41, 5.74) is 0.898. The summed E-state index contributed by atoms with van der Waals surface area (Å²) in [7, 11) is 0. The van der Waals surface area contributed by atoms with E-state index in [1.807, 2.05) is 17.0 Å². The molecule has 3 rings (SSSR count). The van der Waals surface area contributed by atoms with Crippen LogP contribution in [0.5, 0.6) is 0 Å². The third-order valence-corrected chi connectivity index (χ3v) is 3.65. The van der Waals surface area contributed by atoms with Gasteiger partial charge in [-0.15, -0.1) is 0 Å². The van der Waals surface area contributed by atoms with Gasteiger partial charge in [-0.1, -0.05) is 6.07 Å². The predicted octanol–water partition coefficient (Wildman–Crippen LogP) is 1.56. The lowest BCUT2D eigenvalue weighted by Gasteiger charge is -2.29. The van der Waals surface area contributed by atoms with Crippen LogP contribution in [-0.4, -0.2) is 41.3 Å². The number of carbonyl (C=O) groups excluding carboxylic acids is 1. The first-order chi connectivity index (χ1) is 9.36. The van der Waals surface area contributed by atoms with Crippen LogP contribution in [0.15, 0.2) is 29.5 Å². The van der Waals surface area contributed by atoms with E-state index in [-0.39, 0.29) is 12.0 Å². The number of hydrogen-bond donors (Lipinski definition) is 0. The predicted molar refractivity (Wildman–Crippen MR) is 70.8 cm³/mol. The van der Waals surface area contributed by atoms with Crippen molar-refractivity contribution >= 4 is 12.3 Å². The normalized spacial score (nSPS) is 26.2. The second-order valence-corrected chi connectivity index (χ2v) is 4.93. The minimum absolute atomic E-state index is 0.0716. The van der Waals surface area contributed by atoms with Gasteiger partial charge in [0.05, 0.1) is 0 Å². The van der Waals surface area contributed by atoms with Crippen LogP contribution in [0.2, 0.25) is 0 Å². The quantitative estimate of drug-likeness (QED) is 0.810. The van der Waals surface area contributed by atoms with Crippen LogP contribution in [0.1, 0.15) is 30.9 Å². The molecule has 2 unspecified atom stereocenters. The molecule has 5 nitrogen and oxygen atoms in total. The number of hydrogen-bond acceptors (Lipinski definition) is 4. The molecule has 100 valence electrons. The maximum Gasteiger partial charge on any atom is 0.251 e. The highest BCUT2D eigenvalue weighted by Gasteiger charge is 2.36. The van der Waals surface area contributed by atoms with Crippen LogP contribution >= 0.6 is 0 Å². The maximum atomic E-state index is 12.5. The minimum Gasteiger partial charge on any atom is -0.473 e. The number of rotatable bonds is 2. The summed E-state index contributed by atoms with van der Waals surface area (Å²) in [5, 5.41) is 0. The molecule has 0 spiro atoms. The molecule has 1 amide bonds. The van der Waals surface area contributed by atoms with Gasteiger partial charge in [-0.3, -0.25) is 9.78 Å². The first-order valence-electron chi connectivity index (χ1n) is 6.72. The number of ether oxygens (including phenoxy) is 1. The molecule has 19 heavy (non-hydrogen) atoms. The van der Waals surface area contributed by atoms with Gasteiger partial charge in [-0.05, 0) is 25.3 Å². The van der Waals surface area contributed by atoms with E-state index in [1.54, 1.807) is 12.4 Å². The lowest BCUT2D eigenvalue weighted by molar-refractivity contribution is -0.135. The average molecular weight is 259 g/mol. The summed E-state index contributed by atoms with van der Waals surface area (Å²) >= 11 is 0. The summed E-state index contributed by atoms with van der Waals surface area (Å²) in [6, 6.07) is 3.31. The van der Waals surface area contributed by atoms with E-state index in [0.29, 0.717) is 0 Å². The summed E-state index contributed by atoms with van der Waals surface area (Å²) in [6.45, 7) is 1.68. The van der Waals surface area contributed by atoms with Gasteiger partial charge in [0.15, 0.2) is 18.5 Å². The van der Waals surface area contributed by atoms with E-state index in [1.165, 1.54) is 12.8 Å². The first kappa shape index (κ1) is 12.1. The molecule has 1 aromatic heterocycles. The van der Waals surface area contributed by atoms with E-state index < -0.39 is 6.04 Å². The molecule has 3 heterocycles. The summed E-state index contributed by atoms with van der Waals surface area (Å²) in [5.74, 6) is 0.0716. The van der Waals surface area contributed by atoms with Gasteiger partial charge in [0.25, 0.3) is 5.91 Å². The molecule has 5 heteroatoms. The third-order valence-electron chi connectivity index (χ3n) is 3.65. The highest BCUT2D eigenvalue weighted by atomic mass is 16.5. The minimum atomic E-state index is -0.456. The van der Waals surface area contributed by atoms with Crippen molar-refractivity contribution in [1.82, 2.24) is 9.88 Å². The maximum absolute atomic E-state index is 12.5. The fourth-order valence-corrected chi connectivity index (χ4v) is 2.62. The van der Waals surface area contributed by atoms with Gasteiger partial charge in [0.2, 0.25) is 0 Å². The van der Waals surface area contributed by atoms with Crippen molar-refractivity contribution in [3.8, 4) is 0 Å². The molecule has 0 N–H and O–H groups in total. The van der Waals surface area contributed by atoms with Crippen LogP contribution in [0.4, 0.5) is 0 Å². The molecule has 0 radical (unpaired) electrons. The molecular weight excluding hydrogens is 242 g/mol. The lowest BCUT2D eigenvalue weighted by atomic mass is 10.0. The van der Waals surface area contributed by atoms with E-state index in [9.17, 15) is 4.79 Å². The second kappa shape index (κ2) is 5.38. The zero-order chi connectivity index (χ0) is 13.1. The smallest absolute Gasteiger partial charge is 0.251 e. The Morgan fingerprint density at radius 1 is 1.32 bits per heavy atom. The van der Waals surface area contributed by atoms with Crippen molar-refractivity contribution in [2.75, 3.05) is 13.1 Å². The van der Waals surface area contributed by atoms with Crippen LogP contribution in [0.3, 0.4) is 0 Å². The number of aliphatic imine (C=N–C) groups is 1. The molecule has 2 aliphatic heterocycles. The SMILES string of the molecule is O=C(C1N=COC1c1cccnc1)N1CCCCC1. The van der Waals surface area contributed by atoms with Gasteiger partial charge in [-0.2, -0.15) is 0 Å². The molecule has 1 fully saturated rings. The number of piperidine rings is 1. The summed E-state index contributed by atoms with van der Waals surface area (Å²) in [4.78, 5) is 22.7. The first-order valence-corrected chi connectivity index (χ1v) is 6.72. The third kappa shape index (κ3) is 2.45. The molecule has 1 saturated heterocycles. The molecule has 0 bridgehead atoms. The molecular formula is C14H17N3O2. The fourth-order valence-electron chi connectivity index (χ4n) is 2.62. The zero-order valence-electron chi connectivity index (χ0n) is 10.7. The van der Waals surface area contributed by atoms with Crippen LogP contribution in [0, 0.1) is 0 Å². The Morgan fingerprint density at radius 3 is 2.89 bits per heavy atom. The van der Waals surface area contributed by atoms with Crippen molar-refractivity contribution in [2.45, 2.75) is 31.4 Å². The lowest BCUT2D eigenvalue weighted by Crippen LogP contribution is -2.42. The van der Waals surface area contributed by atoms with E-state index in [0.717, 1.165) is 31.5 Å². The van der Waals surface area contributed by atoms with Crippen molar-refractivity contribution in [2.24, 2.45) is 4.99 Å². The summed E-state index contributed by atoms with van der Waals surface area (Å²) in [6.07, 6.45) is 7.88. The number of nitrogens with zero attached hydrogens (tertiary/aromatic N) is 3. The molecule has 2 aliphatic rings. The van der Waals surface area contributed by atoms with Crippen LogP contribution in [-0.2, 0) is 9.53 Å². The van der Waals surface area contributed by atoms with Crippen LogP contribution < -0.4 is 0 Å². The molecule has 0 aliphatic carbocycles. The van der Waals surface area contributed by atoms with Gasteiger partial charge >= 0.3 is 0 Å². The summed E-state index contributed by atoms with van der Waals surface area (Å²) < 4.78 is 5.48. The van der Waals surface area contributed by atoms with Gasteiger partial charge in [0, 0.05) is 31.0 Å². The van der Waals surface area contributed by atoms with E-state index in [4.69, 9.17) is 4.74 Å². The molecule has 0 aromatic carbocycles. The van der Waals surface area contributed by atoms with E-state index in [2.05, 4.69) is 9.98 Å². The Bertz CT molecular complexity index is 469. The monoisotopic (exact) mass is 259 g/mol. The Balaban J connectivity index is 1.75. The Hall–Kier alpha value is -1.91.